The van der Waals surface area contributed by atoms with Crippen LogP contribution < -0.4 is 4.90 Å². The Labute approximate surface area is 98.9 Å². The molecule has 1 aromatic heterocycles. The highest BCUT2D eigenvalue weighted by molar-refractivity contribution is 6.33. The molecule has 0 aliphatic heterocycles. The Hall–Kier alpha value is -0.580. The fourth-order valence-electron chi connectivity index (χ4n) is 1.23. The molecule has 4 nitrogen and oxygen atoms in total. The summed E-state index contributed by atoms with van der Waals surface area (Å²) in [4.78, 5) is 9.80. The third kappa shape index (κ3) is 3.48. The van der Waals surface area contributed by atoms with E-state index < -0.39 is 0 Å². The standard InChI is InChI=1S/C9H13Cl2N3O/c1-2-14(4-3-5-15)8-7(10)6-12-9(11)13-8/h6,15H,2-5H2,1H3. The van der Waals surface area contributed by atoms with E-state index in [1.165, 1.54) is 6.20 Å². The van der Waals surface area contributed by atoms with E-state index in [1.54, 1.807) is 0 Å². The Bertz CT molecular complexity index is 322. The van der Waals surface area contributed by atoms with E-state index in [4.69, 9.17) is 28.3 Å². The molecule has 0 radical (unpaired) electrons. The predicted octanol–water partition coefficient (Wildman–Crippen LogP) is 1.99. The predicted molar refractivity (Wildman–Crippen MR) is 61.6 cm³/mol. The van der Waals surface area contributed by atoms with Crippen molar-refractivity contribution in [3.05, 3.63) is 16.5 Å². The van der Waals surface area contributed by atoms with Crippen LogP contribution >= 0.6 is 23.2 Å². The van der Waals surface area contributed by atoms with Crippen LogP contribution in [0.15, 0.2) is 6.20 Å². The first-order valence-electron chi connectivity index (χ1n) is 4.73. The molecule has 1 heterocycles. The van der Waals surface area contributed by atoms with Gasteiger partial charge >= 0.3 is 0 Å². The van der Waals surface area contributed by atoms with E-state index in [1.807, 2.05) is 11.8 Å². The van der Waals surface area contributed by atoms with Gasteiger partial charge < -0.3 is 10.0 Å². The summed E-state index contributed by atoms with van der Waals surface area (Å²) in [5, 5.41) is 9.41. The molecule has 0 saturated heterocycles. The number of aromatic nitrogens is 2. The lowest BCUT2D eigenvalue weighted by molar-refractivity contribution is 0.289. The second-order valence-corrected chi connectivity index (χ2v) is 3.71. The van der Waals surface area contributed by atoms with Crippen LogP contribution in [0.5, 0.6) is 0 Å². The number of anilines is 1. The molecular weight excluding hydrogens is 237 g/mol. The number of aliphatic hydroxyl groups is 1. The molecule has 1 rings (SSSR count). The number of halogens is 2. The number of rotatable bonds is 5. The maximum atomic E-state index is 8.76. The maximum Gasteiger partial charge on any atom is 0.224 e. The molecule has 0 amide bonds. The molecule has 0 aliphatic rings. The van der Waals surface area contributed by atoms with Gasteiger partial charge in [0.15, 0.2) is 5.82 Å². The van der Waals surface area contributed by atoms with Gasteiger partial charge in [0, 0.05) is 19.7 Å². The number of hydrogen-bond acceptors (Lipinski definition) is 4. The van der Waals surface area contributed by atoms with Crippen LogP contribution in [0, 0.1) is 0 Å². The zero-order valence-corrected chi connectivity index (χ0v) is 9.96. The highest BCUT2D eigenvalue weighted by Crippen LogP contribution is 2.23. The van der Waals surface area contributed by atoms with Crippen molar-refractivity contribution in [3.63, 3.8) is 0 Å². The summed E-state index contributed by atoms with van der Waals surface area (Å²) in [6.07, 6.45) is 2.15. The molecule has 0 unspecified atom stereocenters. The first kappa shape index (κ1) is 12.5. The maximum absolute atomic E-state index is 8.76. The van der Waals surface area contributed by atoms with E-state index in [2.05, 4.69) is 9.97 Å². The SMILES string of the molecule is CCN(CCCO)c1nc(Cl)ncc1Cl. The summed E-state index contributed by atoms with van der Waals surface area (Å²) in [6, 6.07) is 0. The van der Waals surface area contributed by atoms with Crippen LogP contribution in [0.4, 0.5) is 5.82 Å². The van der Waals surface area contributed by atoms with Gasteiger partial charge in [0.1, 0.15) is 5.02 Å². The van der Waals surface area contributed by atoms with Crippen molar-refractivity contribution in [1.29, 1.82) is 0 Å². The minimum atomic E-state index is 0.146. The molecule has 6 heteroatoms. The molecule has 0 spiro atoms. The van der Waals surface area contributed by atoms with E-state index in [9.17, 15) is 0 Å². The third-order valence-corrected chi connectivity index (χ3v) is 2.41. The summed E-state index contributed by atoms with van der Waals surface area (Å²) >= 11 is 11.7. The Balaban J connectivity index is 2.85. The Morgan fingerprint density at radius 1 is 1.47 bits per heavy atom. The molecule has 0 fully saturated rings. The lowest BCUT2D eigenvalue weighted by Gasteiger charge is -2.22. The quantitative estimate of drug-likeness (QED) is 0.812. The van der Waals surface area contributed by atoms with Gasteiger partial charge in [-0.25, -0.2) is 4.98 Å². The van der Waals surface area contributed by atoms with Crippen molar-refractivity contribution in [2.75, 3.05) is 24.6 Å². The second-order valence-electron chi connectivity index (χ2n) is 2.97. The average molecular weight is 250 g/mol. The molecule has 0 atom stereocenters. The van der Waals surface area contributed by atoms with E-state index in [0.717, 1.165) is 6.54 Å². The van der Waals surface area contributed by atoms with Crippen molar-refractivity contribution in [3.8, 4) is 0 Å². The van der Waals surface area contributed by atoms with Gasteiger partial charge in [0.05, 0.1) is 6.20 Å². The lowest BCUT2D eigenvalue weighted by Crippen LogP contribution is -2.26. The van der Waals surface area contributed by atoms with E-state index in [-0.39, 0.29) is 11.9 Å². The monoisotopic (exact) mass is 249 g/mol. The molecule has 0 bridgehead atoms. The van der Waals surface area contributed by atoms with E-state index in [0.29, 0.717) is 23.8 Å². The van der Waals surface area contributed by atoms with Crippen LogP contribution in [0.1, 0.15) is 13.3 Å². The van der Waals surface area contributed by atoms with Crippen LogP contribution in [0.2, 0.25) is 10.3 Å². The average Bonchev–Trinajstić information content (AvgIpc) is 2.24. The smallest absolute Gasteiger partial charge is 0.224 e. The minimum Gasteiger partial charge on any atom is -0.396 e. The molecular formula is C9H13Cl2N3O. The summed E-state index contributed by atoms with van der Waals surface area (Å²) in [7, 11) is 0. The van der Waals surface area contributed by atoms with Crippen molar-refractivity contribution in [2.45, 2.75) is 13.3 Å². The Morgan fingerprint density at radius 2 is 2.20 bits per heavy atom. The molecule has 0 saturated carbocycles. The normalized spacial score (nSPS) is 10.4. The largest absolute Gasteiger partial charge is 0.396 e. The number of nitrogens with zero attached hydrogens (tertiary/aromatic N) is 3. The molecule has 84 valence electrons. The summed E-state index contributed by atoms with van der Waals surface area (Å²) < 4.78 is 0. The number of hydrogen-bond donors (Lipinski definition) is 1. The van der Waals surface area contributed by atoms with Gasteiger partial charge in [-0.05, 0) is 24.9 Å². The van der Waals surface area contributed by atoms with Gasteiger partial charge in [-0.3, -0.25) is 0 Å². The van der Waals surface area contributed by atoms with Gasteiger partial charge in [-0.2, -0.15) is 4.98 Å². The first-order valence-corrected chi connectivity index (χ1v) is 5.48. The van der Waals surface area contributed by atoms with Crippen molar-refractivity contribution in [1.82, 2.24) is 9.97 Å². The zero-order valence-electron chi connectivity index (χ0n) is 8.45. The van der Waals surface area contributed by atoms with Crippen LogP contribution in [0.25, 0.3) is 0 Å². The third-order valence-electron chi connectivity index (χ3n) is 1.96. The Morgan fingerprint density at radius 3 is 2.80 bits per heavy atom. The highest BCUT2D eigenvalue weighted by atomic mass is 35.5. The highest BCUT2D eigenvalue weighted by Gasteiger charge is 2.11. The van der Waals surface area contributed by atoms with Gasteiger partial charge in [0.2, 0.25) is 5.28 Å². The second kappa shape index (κ2) is 6.10. The lowest BCUT2D eigenvalue weighted by atomic mass is 10.4. The van der Waals surface area contributed by atoms with Crippen LogP contribution in [-0.4, -0.2) is 34.8 Å². The molecule has 15 heavy (non-hydrogen) atoms. The minimum absolute atomic E-state index is 0.146. The summed E-state index contributed by atoms with van der Waals surface area (Å²) in [6.45, 7) is 3.59. The van der Waals surface area contributed by atoms with Crippen molar-refractivity contribution >= 4 is 29.0 Å². The van der Waals surface area contributed by atoms with Crippen molar-refractivity contribution < 1.29 is 5.11 Å². The number of aliphatic hydroxyl groups excluding tert-OH is 1. The molecule has 1 aromatic rings. The summed E-state index contributed by atoms with van der Waals surface area (Å²) in [5.41, 5.74) is 0. The topological polar surface area (TPSA) is 49.2 Å². The molecule has 0 aromatic carbocycles. The van der Waals surface area contributed by atoms with Gasteiger partial charge in [-0.1, -0.05) is 11.6 Å². The van der Waals surface area contributed by atoms with Crippen LogP contribution in [0.3, 0.4) is 0 Å². The van der Waals surface area contributed by atoms with E-state index >= 15 is 0 Å². The fourth-order valence-corrected chi connectivity index (χ4v) is 1.57. The van der Waals surface area contributed by atoms with Crippen LogP contribution in [-0.2, 0) is 0 Å². The molecule has 1 N–H and O–H groups in total. The summed E-state index contributed by atoms with van der Waals surface area (Å²) in [5.74, 6) is 0.618. The Kier molecular flexibility index (Phi) is 5.08. The molecule has 0 aliphatic carbocycles. The van der Waals surface area contributed by atoms with Gasteiger partial charge in [0.25, 0.3) is 0 Å². The zero-order chi connectivity index (χ0) is 11.3. The first-order chi connectivity index (χ1) is 7.19. The fraction of sp³-hybridized carbons (Fsp3) is 0.556. The van der Waals surface area contributed by atoms with Crippen molar-refractivity contribution in [2.24, 2.45) is 0 Å². The van der Waals surface area contributed by atoms with Gasteiger partial charge in [-0.15, -0.1) is 0 Å².